The minimum atomic E-state index is -0.0133. The molecule has 1 fully saturated rings. The van der Waals surface area contributed by atoms with Gasteiger partial charge in [-0.15, -0.1) is 0 Å². The molecule has 0 radical (unpaired) electrons. The number of nitrogens with one attached hydrogen (secondary N) is 2. The normalized spacial score (nSPS) is 18.1. The molecule has 0 aliphatic carbocycles. The molecular formula is C19H22N4O2. The van der Waals surface area contributed by atoms with Gasteiger partial charge < -0.3 is 14.8 Å². The van der Waals surface area contributed by atoms with Gasteiger partial charge in [-0.25, -0.2) is 0 Å². The molecule has 1 atom stereocenters. The number of carbonyl (C=O) groups excluding carboxylic acids is 1. The third kappa shape index (κ3) is 3.17. The molecule has 25 heavy (non-hydrogen) atoms. The van der Waals surface area contributed by atoms with Gasteiger partial charge in [0.2, 0.25) is 0 Å². The van der Waals surface area contributed by atoms with Crippen molar-refractivity contribution >= 4 is 16.8 Å². The van der Waals surface area contributed by atoms with Crippen LogP contribution in [0.1, 0.15) is 33.8 Å². The van der Waals surface area contributed by atoms with Gasteiger partial charge in [0.1, 0.15) is 5.76 Å². The highest BCUT2D eigenvalue weighted by Crippen LogP contribution is 2.19. The van der Waals surface area contributed by atoms with Crippen LogP contribution in [0.3, 0.4) is 0 Å². The number of nitrogens with zero attached hydrogens (tertiary/aromatic N) is 2. The minimum absolute atomic E-state index is 0.0133. The van der Waals surface area contributed by atoms with Gasteiger partial charge >= 0.3 is 0 Å². The Morgan fingerprint density at radius 2 is 2.28 bits per heavy atom. The molecule has 4 rings (SSSR count). The second-order valence-electron chi connectivity index (χ2n) is 6.78. The lowest BCUT2D eigenvalue weighted by atomic mass is 10.1. The molecule has 6 nitrogen and oxygen atoms in total. The van der Waals surface area contributed by atoms with Gasteiger partial charge in [-0.1, -0.05) is 11.2 Å². The Hall–Kier alpha value is -2.60. The van der Waals surface area contributed by atoms with Crippen LogP contribution >= 0.6 is 0 Å². The molecule has 1 amide bonds. The standard InChI is InChI=1S/C19H22N4O2/c1-12-17(13(2)25-22-12)11-23-8-6-16(10-23)21-19(24)15-4-3-14-5-7-20-18(14)9-15/h3-5,7,9,16,20H,6,8,10-11H2,1-2H3,(H,21,24). The van der Waals surface area contributed by atoms with Crippen molar-refractivity contribution in [3.63, 3.8) is 0 Å². The van der Waals surface area contributed by atoms with E-state index in [1.165, 1.54) is 0 Å². The first-order chi connectivity index (χ1) is 12.1. The second kappa shape index (κ2) is 6.37. The Morgan fingerprint density at radius 1 is 1.40 bits per heavy atom. The van der Waals surface area contributed by atoms with Crippen LogP contribution in [0.25, 0.3) is 10.9 Å². The summed E-state index contributed by atoms with van der Waals surface area (Å²) in [4.78, 5) is 18.0. The highest BCUT2D eigenvalue weighted by Gasteiger charge is 2.25. The van der Waals surface area contributed by atoms with E-state index in [1.807, 2.05) is 44.3 Å². The van der Waals surface area contributed by atoms with E-state index in [0.717, 1.165) is 54.0 Å². The lowest BCUT2D eigenvalue weighted by Crippen LogP contribution is -2.37. The third-order valence-corrected chi connectivity index (χ3v) is 4.99. The number of fused-ring (bicyclic) bond motifs is 1. The summed E-state index contributed by atoms with van der Waals surface area (Å²) in [6, 6.07) is 7.93. The number of likely N-dealkylation sites (tertiary alicyclic amines) is 1. The van der Waals surface area contributed by atoms with Crippen molar-refractivity contribution in [1.29, 1.82) is 0 Å². The van der Waals surface area contributed by atoms with E-state index in [4.69, 9.17) is 4.52 Å². The van der Waals surface area contributed by atoms with Crippen LogP contribution in [-0.2, 0) is 6.54 Å². The van der Waals surface area contributed by atoms with E-state index in [2.05, 4.69) is 20.4 Å². The zero-order valence-electron chi connectivity index (χ0n) is 14.5. The molecule has 2 N–H and O–H groups in total. The number of rotatable bonds is 4. The average Bonchev–Trinajstić information content (AvgIpc) is 3.31. The first-order valence-corrected chi connectivity index (χ1v) is 8.62. The van der Waals surface area contributed by atoms with Gasteiger partial charge in [-0.2, -0.15) is 0 Å². The number of aromatic nitrogens is 2. The topological polar surface area (TPSA) is 74.2 Å². The molecule has 0 bridgehead atoms. The van der Waals surface area contributed by atoms with E-state index >= 15 is 0 Å². The Bertz CT molecular complexity index is 892. The fourth-order valence-electron chi connectivity index (χ4n) is 3.50. The average molecular weight is 338 g/mol. The summed E-state index contributed by atoms with van der Waals surface area (Å²) in [5, 5.41) is 8.28. The zero-order valence-corrected chi connectivity index (χ0v) is 14.5. The van der Waals surface area contributed by atoms with Crippen LogP contribution in [0.4, 0.5) is 0 Å². The lowest BCUT2D eigenvalue weighted by Gasteiger charge is -2.16. The predicted octanol–water partition coefficient (Wildman–Crippen LogP) is 2.78. The van der Waals surface area contributed by atoms with E-state index in [1.54, 1.807) is 0 Å². The fraction of sp³-hybridized carbons (Fsp3) is 0.368. The number of aryl methyl sites for hydroxylation is 2. The molecule has 6 heteroatoms. The Labute approximate surface area is 146 Å². The molecule has 3 heterocycles. The van der Waals surface area contributed by atoms with Gasteiger partial charge in [0.15, 0.2) is 0 Å². The first-order valence-electron chi connectivity index (χ1n) is 8.62. The summed E-state index contributed by atoms with van der Waals surface area (Å²) < 4.78 is 5.23. The molecule has 1 saturated heterocycles. The quantitative estimate of drug-likeness (QED) is 0.767. The van der Waals surface area contributed by atoms with Crippen LogP contribution in [0, 0.1) is 13.8 Å². The summed E-state index contributed by atoms with van der Waals surface area (Å²) in [6.07, 6.45) is 2.84. The molecule has 1 aromatic carbocycles. The molecule has 1 aliphatic heterocycles. The largest absolute Gasteiger partial charge is 0.361 e. The van der Waals surface area contributed by atoms with Crippen LogP contribution in [0.2, 0.25) is 0 Å². The van der Waals surface area contributed by atoms with Crippen molar-refractivity contribution in [2.75, 3.05) is 13.1 Å². The van der Waals surface area contributed by atoms with E-state index < -0.39 is 0 Å². The van der Waals surface area contributed by atoms with Crippen molar-refractivity contribution in [3.8, 4) is 0 Å². The molecule has 2 aromatic heterocycles. The third-order valence-electron chi connectivity index (χ3n) is 4.99. The number of aromatic amines is 1. The fourth-order valence-corrected chi connectivity index (χ4v) is 3.50. The molecule has 1 aliphatic rings. The highest BCUT2D eigenvalue weighted by atomic mass is 16.5. The second-order valence-corrected chi connectivity index (χ2v) is 6.78. The van der Waals surface area contributed by atoms with E-state index in [9.17, 15) is 4.79 Å². The maximum atomic E-state index is 12.5. The number of hydrogen-bond donors (Lipinski definition) is 2. The van der Waals surface area contributed by atoms with Crippen molar-refractivity contribution in [3.05, 3.63) is 53.0 Å². The zero-order chi connectivity index (χ0) is 17.4. The van der Waals surface area contributed by atoms with Crippen molar-refractivity contribution in [2.24, 2.45) is 0 Å². The van der Waals surface area contributed by atoms with Gasteiger partial charge in [-0.3, -0.25) is 9.69 Å². The first kappa shape index (κ1) is 15.9. The number of hydrogen-bond acceptors (Lipinski definition) is 4. The number of amides is 1. The van der Waals surface area contributed by atoms with Gasteiger partial charge in [0, 0.05) is 48.5 Å². The molecular weight excluding hydrogens is 316 g/mol. The number of benzene rings is 1. The Kier molecular flexibility index (Phi) is 4.05. The van der Waals surface area contributed by atoms with E-state index in [0.29, 0.717) is 5.56 Å². The summed E-state index contributed by atoms with van der Waals surface area (Å²) in [5.41, 5.74) is 3.78. The van der Waals surface area contributed by atoms with Gasteiger partial charge in [-0.05, 0) is 43.9 Å². The summed E-state index contributed by atoms with van der Waals surface area (Å²) in [7, 11) is 0. The minimum Gasteiger partial charge on any atom is -0.361 e. The van der Waals surface area contributed by atoms with Gasteiger partial charge in [0.25, 0.3) is 5.91 Å². The van der Waals surface area contributed by atoms with Crippen LogP contribution < -0.4 is 5.32 Å². The molecule has 0 spiro atoms. The van der Waals surface area contributed by atoms with Crippen molar-refractivity contribution in [1.82, 2.24) is 20.4 Å². The monoisotopic (exact) mass is 338 g/mol. The van der Waals surface area contributed by atoms with Crippen molar-refractivity contribution in [2.45, 2.75) is 32.9 Å². The van der Waals surface area contributed by atoms with Crippen LogP contribution in [-0.4, -0.2) is 40.1 Å². The maximum absolute atomic E-state index is 12.5. The SMILES string of the molecule is Cc1noc(C)c1CN1CCC(NC(=O)c2ccc3cc[nH]c3c2)C1. The summed E-state index contributed by atoms with van der Waals surface area (Å²) >= 11 is 0. The highest BCUT2D eigenvalue weighted by molar-refractivity contribution is 5.98. The van der Waals surface area contributed by atoms with E-state index in [-0.39, 0.29) is 11.9 Å². The van der Waals surface area contributed by atoms with Crippen molar-refractivity contribution < 1.29 is 9.32 Å². The summed E-state index contributed by atoms with van der Waals surface area (Å²) in [6.45, 7) is 6.55. The molecule has 130 valence electrons. The molecule has 0 saturated carbocycles. The van der Waals surface area contributed by atoms with Crippen LogP contribution in [0.5, 0.6) is 0 Å². The number of H-pyrrole nitrogens is 1. The van der Waals surface area contributed by atoms with Gasteiger partial charge in [0.05, 0.1) is 5.69 Å². The summed E-state index contributed by atoms with van der Waals surface area (Å²) in [5.74, 6) is 0.866. The lowest BCUT2D eigenvalue weighted by molar-refractivity contribution is 0.0937. The Balaban J connectivity index is 1.38. The smallest absolute Gasteiger partial charge is 0.251 e. The predicted molar refractivity (Wildman–Crippen MR) is 95.4 cm³/mol. The Morgan fingerprint density at radius 3 is 3.08 bits per heavy atom. The molecule has 1 unspecified atom stereocenters. The maximum Gasteiger partial charge on any atom is 0.251 e. The van der Waals surface area contributed by atoms with Crippen LogP contribution in [0.15, 0.2) is 35.0 Å². The molecule has 3 aromatic rings. The number of carbonyl (C=O) groups is 1.